The molecule has 0 unspecified atom stereocenters. The second kappa shape index (κ2) is 9.67. The van der Waals surface area contributed by atoms with E-state index in [1.54, 1.807) is 42.5 Å². The Bertz CT molecular complexity index is 1100. The SMILES string of the molecule is Cc1ccc(NC(=O)CN2C(=O)S/C(=C/c3ccccc3OCC(N)=O)C2=O)cc1Cl. The van der Waals surface area contributed by atoms with Gasteiger partial charge < -0.3 is 15.8 Å². The molecule has 1 fully saturated rings. The Labute approximate surface area is 187 Å². The van der Waals surface area contributed by atoms with Crippen molar-refractivity contribution in [2.45, 2.75) is 6.92 Å². The average Bonchev–Trinajstić information content (AvgIpc) is 2.97. The summed E-state index contributed by atoms with van der Waals surface area (Å²) >= 11 is 6.76. The Kier molecular flexibility index (Phi) is 6.98. The standard InChI is InChI=1S/C21H18ClN3O5S/c1-12-6-7-14(9-15(12)22)24-19(27)10-25-20(28)17(31-21(25)29)8-13-4-2-3-5-16(13)30-11-18(23)26/h2-9H,10-11H2,1H3,(H2,23,26)(H,24,27)/b17-8+. The number of carbonyl (C=O) groups is 4. The molecule has 4 amide bonds. The van der Waals surface area contributed by atoms with E-state index in [1.807, 2.05) is 6.92 Å². The predicted octanol–water partition coefficient (Wildman–Crippen LogP) is 3.19. The fourth-order valence-corrected chi connectivity index (χ4v) is 3.68. The molecule has 0 atom stereocenters. The normalized spacial score (nSPS) is 14.8. The highest BCUT2D eigenvalue weighted by atomic mass is 35.5. The largest absolute Gasteiger partial charge is 0.483 e. The maximum absolute atomic E-state index is 12.7. The van der Waals surface area contributed by atoms with E-state index < -0.39 is 29.5 Å². The zero-order valence-electron chi connectivity index (χ0n) is 16.4. The molecular weight excluding hydrogens is 442 g/mol. The van der Waals surface area contributed by atoms with Gasteiger partial charge in [-0.3, -0.25) is 24.1 Å². The highest BCUT2D eigenvalue weighted by Crippen LogP contribution is 2.34. The quantitative estimate of drug-likeness (QED) is 0.614. The molecule has 2 aromatic carbocycles. The van der Waals surface area contributed by atoms with Crippen LogP contribution in [0, 0.1) is 6.92 Å². The maximum Gasteiger partial charge on any atom is 0.294 e. The van der Waals surface area contributed by atoms with Gasteiger partial charge in [-0.1, -0.05) is 35.9 Å². The van der Waals surface area contributed by atoms with Crippen molar-refractivity contribution in [2.75, 3.05) is 18.5 Å². The van der Waals surface area contributed by atoms with Crippen LogP contribution in [0.3, 0.4) is 0 Å². The molecule has 160 valence electrons. The molecule has 0 spiro atoms. The minimum atomic E-state index is -0.643. The number of amides is 4. The summed E-state index contributed by atoms with van der Waals surface area (Å²) in [7, 11) is 0. The molecule has 8 nitrogen and oxygen atoms in total. The number of aryl methyl sites for hydroxylation is 1. The zero-order valence-corrected chi connectivity index (χ0v) is 18.0. The van der Waals surface area contributed by atoms with E-state index in [-0.39, 0.29) is 11.5 Å². The van der Waals surface area contributed by atoms with E-state index in [4.69, 9.17) is 22.1 Å². The summed E-state index contributed by atoms with van der Waals surface area (Å²) in [4.78, 5) is 49.3. The molecule has 31 heavy (non-hydrogen) atoms. The number of nitrogens with one attached hydrogen (secondary N) is 1. The molecular formula is C21H18ClN3O5S. The lowest BCUT2D eigenvalue weighted by atomic mass is 10.2. The van der Waals surface area contributed by atoms with Crippen LogP contribution < -0.4 is 15.8 Å². The van der Waals surface area contributed by atoms with E-state index in [0.29, 0.717) is 33.8 Å². The number of carbonyl (C=O) groups excluding carboxylic acids is 4. The monoisotopic (exact) mass is 459 g/mol. The van der Waals surface area contributed by atoms with Gasteiger partial charge in [0.25, 0.3) is 17.1 Å². The first kappa shape index (κ1) is 22.4. The Balaban J connectivity index is 1.71. The summed E-state index contributed by atoms with van der Waals surface area (Å²) in [5, 5.41) is 2.54. The van der Waals surface area contributed by atoms with Crippen LogP contribution in [0.2, 0.25) is 5.02 Å². The lowest BCUT2D eigenvalue weighted by Gasteiger charge is -2.13. The smallest absolute Gasteiger partial charge is 0.294 e. The van der Waals surface area contributed by atoms with E-state index in [2.05, 4.69) is 5.32 Å². The molecule has 1 saturated heterocycles. The molecule has 0 aliphatic carbocycles. The van der Waals surface area contributed by atoms with Gasteiger partial charge in [0.2, 0.25) is 5.91 Å². The molecule has 10 heteroatoms. The van der Waals surface area contributed by atoms with Crippen molar-refractivity contribution in [2.24, 2.45) is 5.73 Å². The molecule has 3 N–H and O–H groups in total. The molecule has 0 bridgehead atoms. The van der Waals surface area contributed by atoms with Crippen LogP contribution in [0.1, 0.15) is 11.1 Å². The number of anilines is 1. The van der Waals surface area contributed by atoms with Crippen molar-refractivity contribution < 1.29 is 23.9 Å². The molecule has 2 aromatic rings. The molecule has 0 saturated carbocycles. The summed E-state index contributed by atoms with van der Waals surface area (Å²) in [5.74, 6) is -1.44. The number of nitrogens with two attached hydrogens (primary N) is 1. The number of nitrogens with zero attached hydrogens (tertiary/aromatic N) is 1. The molecule has 3 rings (SSSR count). The van der Waals surface area contributed by atoms with Crippen LogP contribution in [0.15, 0.2) is 47.4 Å². The van der Waals surface area contributed by atoms with Crippen molar-refractivity contribution in [1.82, 2.24) is 4.90 Å². The highest BCUT2D eigenvalue weighted by molar-refractivity contribution is 8.18. The average molecular weight is 460 g/mol. The van der Waals surface area contributed by atoms with Gasteiger partial charge >= 0.3 is 0 Å². The predicted molar refractivity (Wildman–Crippen MR) is 119 cm³/mol. The van der Waals surface area contributed by atoms with Crippen molar-refractivity contribution in [3.05, 3.63) is 63.5 Å². The van der Waals surface area contributed by atoms with Crippen LogP contribution >= 0.6 is 23.4 Å². The van der Waals surface area contributed by atoms with E-state index >= 15 is 0 Å². The molecule has 0 radical (unpaired) electrons. The first-order chi connectivity index (χ1) is 14.7. The van der Waals surface area contributed by atoms with Crippen molar-refractivity contribution in [1.29, 1.82) is 0 Å². The van der Waals surface area contributed by atoms with Gasteiger partial charge in [-0.05, 0) is 48.5 Å². The number of hydrogen-bond donors (Lipinski definition) is 2. The van der Waals surface area contributed by atoms with Gasteiger partial charge in [-0.2, -0.15) is 0 Å². The number of rotatable bonds is 7. The van der Waals surface area contributed by atoms with Gasteiger partial charge in [0.05, 0.1) is 4.91 Å². The van der Waals surface area contributed by atoms with Gasteiger partial charge in [-0.15, -0.1) is 0 Å². The number of primary amides is 1. The van der Waals surface area contributed by atoms with Crippen LogP contribution in [-0.2, 0) is 14.4 Å². The number of benzene rings is 2. The number of thioether (sulfide) groups is 1. The van der Waals surface area contributed by atoms with Crippen molar-refractivity contribution in [3.63, 3.8) is 0 Å². The minimum Gasteiger partial charge on any atom is -0.483 e. The van der Waals surface area contributed by atoms with E-state index in [9.17, 15) is 19.2 Å². The molecule has 0 aromatic heterocycles. The Morgan fingerprint density at radius 1 is 1.23 bits per heavy atom. The number of ether oxygens (including phenoxy) is 1. The van der Waals surface area contributed by atoms with Crippen LogP contribution in [-0.4, -0.2) is 41.0 Å². The second-order valence-corrected chi connectivity index (χ2v) is 7.97. The van der Waals surface area contributed by atoms with Gasteiger partial charge in [0.15, 0.2) is 6.61 Å². The Morgan fingerprint density at radius 2 is 1.97 bits per heavy atom. The van der Waals surface area contributed by atoms with Crippen LogP contribution in [0.5, 0.6) is 5.75 Å². The third kappa shape index (κ3) is 5.65. The summed E-state index contributed by atoms with van der Waals surface area (Å²) in [6.07, 6.45) is 1.47. The zero-order chi connectivity index (χ0) is 22.5. The third-order valence-corrected chi connectivity index (χ3v) is 5.52. The summed E-state index contributed by atoms with van der Waals surface area (Å²) in [6.45, 7) is 1.07. The number of imide groups is 1. The molecule has 1 aliphatic heterocycles. The Morgan fingerprint density at radius 3 is 2.68 bits per heavy atom. The van der Waals surface area contributed by atoms with Crippen molar-refractivity contribution >= 4 is 58.1 Å². The number of halogens is 1. The van der Waals surface area contributed by atoms with Crippen molar-refractivity contribution in [3.8, 4) is 5.75 Å². The summed E-state index contributed by atoms with van der Waals surface area (Å²) in [5.41, 5.74) is 6.91. The maximum atomic E-state index is 12.7. The summed E-state index contributed by atoms with van der Waals surface area (Å²) < 4.78 is 5.33. The first-order valence-electron chi connectivity index (χ1n) is 9.06. The topological polar surface area (TPSA) is 119 Å². The summed E-state index contributed by atoms with van der Waals surface area (Å²) in [6, 6.07) is 11.7. The van der Waals surface area contributed by atoms with E-state index in [0.717, 1.165) is 10.5 Å². The third-order valence-electron chi connectivity index (χ3n) is 4.21. The minimum absolute atomic E-state index is 0.131. The Hall–Kier alpha value is -3.30. The number of para-hydroxylation sites is 1. The first-order valence-corrected chi connectivity index (χ1v) is 10.3. The molecule has 1 heterocycles. The fourth-order valence-electron chi connectivity index (χ4n) is 2.67. The van der Waals surface area contributed by atoms with Gasteiger partial charge in [0, 0.05) is 16.3 Å². The number of hydrogen-bond acceptors (Lipinski definition) is 6. The lowest BCUT2D eigenvalue weighted by molar-refractivity contribution is -0.127. The van der Waals surface area contributed by atoms with Gasteiger partial charge in [0.1, 0.15) is 12.3 Å². The van der Waals surface area contributed by atoms with Crippen LogP contribution in [0.25, 0.3) is 6.08 Å². The second-order valence-electron chi connectivity index (χ2n) is 6.57. The molecule has 1 aliphatic rings. The highest BCUT2D eigenvalue weighted by Gasteiger charge is 2.36. The lowest BCUT2D eigenvalue weighted by Crippen LogP contribution is -2.36. The van der Waals surface area contributed by atoms with E-state index in [1.165, 1.54) is 6.08 Å². The van der Waals surface area contributed by atoms with Gasteiger partial charge in [-0.25, -0.2) is 0 Å². The fraction of sp³-hybridized carbons (Fsp3) is 0.143. The van der Waals surface area contributed by atoms with Crippen LogP contribution in [0.4, 0.5) is 10.5 Å².